The fourth-order valence-corrected chi connectivity index (χ4v) is 2.11. The van der Waals surface area contributed by atoms with Crippen molar-refractivity contribution in [1.29, 1.82) is 0 Å². The number of aliphatic carboxylic acids is 1. The maximum atomic E-state index is 10.8. The summed E-state index contributed by atoms with van der Waals surface area (Å²) in [5.74, 6) is -1.31. The van der Waals surface area contributed by atoms with E-state index < -0.39 is 11.7 Å². The Morgan fingerprint density at radius 2 is 2.00 bits per heavy atom. The smallest absolute Gasteiger partial charge is 0.360 e. The van der Waals surface area contributed by atoms with Crippen molar-refractivity contribution < 1.29 is 15.1 Å². The van der Waals surface area contributed by atoms with E-state index in [1.807, 2.05) is 30.3 Å². The first kappa shape index (κ1) is 11.3. The van der Waals surface area contributed by atoms with Gasteiger partial charge in [0.05, 0.1) is 0 Å². The number of carbonyl (C=O) groups is 1. The molecule has 17 heavy (non-hydrogen) atoms. The number of hydrogen-bond donors (Lipinski definition) is 2. The standard InChI is InChI=1S/C11H8N2O3S/c14-11(15)9(13-16)8-6-17-10(12-8)7-4-2-1-3-5-7/h1-6,16H,(H,14,15). The van der Waals surface area contributed by atoms with Crippen LogP contribution in [0.15, 0.2) is 40.9 Å². The summed E-state index contributed by atoms with van der Waals surface area (Å²) in [4.78, 5) is 14.9. The molecule has 1 aromatic carbocycles. The van der Waals surface area contributed by atoms with Crippen LogP contribution in [0.3, 0.4) is 0 Å². The molecule has 0 saturated carbocycles. The lowest BCUT2D eigenvalue weighted by molar-refractivity contribution is -0.129. The van der Waals surface area contributed by atoms with Crippen LogP contribution in [0.25, 0.3) is 10.6 Å². The largest absolute Gasteiger partial charge is 0.476 e. The molecule has 0 radical (unpaired) electrons. The normalized spacial score (nSPS) is 11.4. The van der Waals surface area contributed by atoms with Gasteiger partial charge in [-0.15, -0.1) is 11.3 Å². The van der Waals surface area contributed by atoms with E-state index in [-0.39, 0.29) is 5.69 Å². The molecule has 86 valence electrons. The minimum Gasteiger partial charge on any atom is -0.476 e. The van der Waals surface area contributed by atoms with Gasteiger partial charge in [-0.25, -0.2) is 9.78 Å². The molecule has 5 nitrogen and oxygen atoms in total. The number of oxime groups is 1. The summed E-state index contributed by atoms with van der Waals surface area (Å²) in [6.07, 6.45) is 0. The average Bonchev–Trinajstić information content (AvgIpc) is 2.80. The molecule has 1 aromatic heterocycles. The Kier molecular flexibility index (Phi) is 3.15. The molecular weight excluding hydrogens is 240 g/mol. The van der Waals surface area contributed by atoms with E-state index in [0.29, 0.717) is 5.01 Å². The maximum Gasteiger partial charge on any atom is 0.360 e. The number of carboxylic acid groups (broad SMARTS) is 1. The van der Waals surface area contributed by atoms with E-state index in [2.05, 4.69) is 10.1 Å². The van der Waals surface area contributed by atoms with Gasteiger partial charge in [0.1, 0.15) is 10.7 Å². The number of hydrogen-bond acceptors (Lipinski definition) is 5. The lowest BCUT2D eigenvalue weighted by Gasteiger charge is -1.94. The van der Waals surface area contributed by atoms with Crippen LogP contribution in [0, 0.1) is 0 Å². The van der Waals surface area contributed by atoms with Gasteiger partial charge in [-0.2, -0.15) is 0 Å². The Hall–Kier alpha value is -2.21. The average molecular weight is 248 g/mol. The summed E-state index contributed by atoms with van der Waals surface area (Å²) in [5, 5.41) is 22.3. The molecule has 0 amide bonds. The van der Waals surface area contributed by atoms with Gasteiger partial charge in [0, 0.05) is 10.9 Å². The highest BCUT2D eigenvalue weighted by molar-refractivity contribution is 7.13. The first-order chi connectivity index (χ1) is 8.22. The minimum atomic E-state index is -1.31. The Morgan fingerprint density at radius 3 is 2.59 bits per heavy atom. The Balaban J connectivity index is 2.37. The molecule has 0 bridgehead atoms. The van der Waals surface area contributed by atoms with Gasteiger partial charge in [-0.05, 0) is 0 Å². The van der Waals surface area contributed by atoms with Gasteiger partial charge in [0.15, 0.2) is 0 Å². The molecule has 0 atom stereocenters. The highest BCUT2D eigenvalue weighted by atomic mass is 32.1. The number of rotatable bonds is 3. The fourth-order valence-electron chi connectivity index (χ4n) is 1.30. The molecule has 0 fully saturated rings. The molecule has 0 aliphatic heterocycles. The van der Waals surface area contributed by atoms with Crippen LogP contribution < -0.4 is 0 Å². The fraction of sp³-hybridized carbons (Fsp3) is 0. The monoisotopic (exact) mass is 248 g/mol. The quantitative estimate of drug-likeness (QED) is 0.495. The highest BCUT2D eigenvalue weighted by Crippen LogP contribution is 2.23. The zero-order valence-corrected chi connectivity index (χ0v) is 9.39. The molecule has 0 saturated heterocycles. The van der Waals surface area contributed by atoms with Crippen molar-refractivity contribution in [3.05, 3.63) is 41.4 Å². The SMILES string of the molecule is O=C(O)C(=NO)c1csc(-c2ccccc2)n1. The number of thiazole rings is 1. The number of benzene rings is 1. The van der Waals surface area contributed by atoms with Crippen molar-refractivity contribution in [3.63, 3.8) is 0 Å². The van der Waals surface area contributed by atoms with Crippen molar-refractivity contribution in [2.24, 2.45) is 5.16 Å². The van der Waals surface area contributed by atoms with E-state index >= 15 is 0 Å². The van der Waals surface area contributed by atoms with Crippen LogP contribution in [0.5, 0.6) is 0 Å². The van der Waals surface area contributed by atoms with Crippen LogP contribution >= 0.6 is 11.3 Å². The zero-order valence-electron chi connectivity index (χ0n) is 8.57. The van der Waals surface area contributed by atoms with Gasteiger partial charge >= 0.3 is 5.97 Å². The molecule has 0 spiro atoms. The number of aromatic nitrogens is 1. The topological polar surface area (TPSA) is 82.8 Å². The van der Waals surface area contributed by atoms with Gasteiger partial charge in [-0.1, -0.05) is 35.5 Å². The van der Waals surface area contributed by atoms with Crippen molar-refractivity contribution in [2.75, 3.05) is 0 Å². The molecule has 2 N–H and O–H groups in total. The van der Waals surface area contributed by atoms with Gasteiger partial charge in [0.2, 0.25) is 5.71 Å². The summed E-state index contributed by atoms with van der Waals surface area (Å²) >= 11 is 1.30. The van der Waals surface area contributed by atoms with E-state index in [1.165, 1.54) is 11.3 Å². The second-order valence-corrected chi connectivity index (χ2v) is 4.02. The van der Waals surface area contributed by atoms with E-state index in [4.69, 9.17) is 10.3 Å². The molecular formula is C11H8N2O3S. The maximum absolute atomic E-state index is 10.8. The summed E-state index contributed by atoms with van der Waals surface area (Å²) in [6, 6.07) is 9.37. The van der Waals surface area contributed by atoms with Crippen LogP contribution in [0.1, 0.15) is 5.69 Å². The predicted octanol–water partition coefficient (Wildman–Crippen LogP) is 2.07. The molecule has 2 aromatic rings. The lowest BCUT2D eigenvalue weighted by Crippen LogP contribution is -2.14. The van der Waals surface area contributed by atoms with Crippen molar-refractivity contribution >= 4 is 23.0 Å². The summed E-state index contributed by atoms with van der Waals surface area (Å²) < 4.78 is 0. The van der Waals surface area contributed by atoms with E-state index in [0.717, 1.165) is 5.56 Å². The zero-order chi connectivity index (χ0) is 12.3. The van der Waals surface area contributed by atoms with E-state index in [1.54, 1.807) is 5.38 Å². The highest BCUT2D eigenvalue weighted by Gasteiger charge is 2.17. The third-order valence-corrected chi connectivity index (χ3v) is 2.96. The molecule has 0 unspecified atom stereocenters. The molecule has 6 heteroatoms. The van der Waals surface area contributed by atoms with Gasteiger partial charge in [0.25, 0.3) is 0 Å². The van der Waals surface area contributed by atoms with Crippen LogP contribution in [-0.4, -0.2) is 27.0 Å². The first-order valence-electron chi connectivity index (χ1n) is 4.69. The van der Waals surface area contributed by atoms with Crippen LogP contribution in [0.4, 0.5) is 0 Å². The minimum absolute atomic E-state index is 0.156. The second-order valence-electron chi connectivity index (χ2n) is 3.16. The van der Waals surface area contributed by atoms with E-state index in [9.17, 15) is 4.79 Å². The molecule has 0 aliphatic carbocycles. The Morgan fingerprint density at radius 1 is 1.29 bits per heavy atom. The second kappa shape index (κ2) is 4.75. The van der Waals surface area contributed by atoms with Gasteiger partial charge < -0.3 is 10.3 Å². The van der Waals surface area contributed by atoms with Crippen molar-refractivity contribution in [3.8, 4) is 10.6 Å². The van der Waals surface area contributed by atoms with Crippen LogP contribution in [0.2, 0.25) is 0 Å². The van der Waals surface area contributed by atoms with Gasteiger partial charge in [-0.3, -0.25) is 0 Å². The van der Waals surface area contributed by atoms with Crippen molar-refractivity contribution in [2.45, 2.75) is 0 Å². The lowest BCUT2D eigenvalue weighted by atomic mass is 10.2. The third kappa shape index (κ3) is 2.31. The Labute approximate surface area is 101 Å². The van der Waals surface area contributed by atoms with Crippen LogP contribution in [-0.2, 0) is 4.79 Å². The molecule has 1 heterocycles. The van der Waals surface area contributed by atoms with Crippen molar-refractivity contribution in [1.82, 2.24) is 4.98 Å². The first-order valence-corrected chi connectivity index (χ1v) is 5.57. The number of nitrogens with zero attached hydrogens (tertiary/aromatic N) is 2. The molecule has 0 aliphatic rings. The summed E-state index contributed by atoms with van der Waals surface area (Å²) in [6.45, 7) is 0. The Bertz CT molecular complexity index is 563. The predicted molar refractivity (Wildman–Crippen MR) is 63.5 cm³/mol. The molecule has 2 rings (SSSR count). The summed E-state index contributed by atoms with van der Waals surface area (Å²) in [7, 11) is 0. The third-order valence-electron chi connectivity index (χ3n) is 2.07. The summed E-state index contributed by atoms with van der Waals surface area (Å²) in [5.41, 5.74) is 0.596. The number of carboxylic acids is 1.